The number of ether oxygens (including phenoxy) is 1. The minimum Gasteiger partial charge on any atom is -0.507 e. The molecule has 2 aromatic rings. The van der Waals surface area contributed by atoms with Crippen molar-refractivity contribution < 1.29 is 24.1 Å². The molecule has 0 aromatic heterocycles. The molecule has 2 N–H and O–H groups in total. The maximum atomic E-state index is 12.9. The third kappa shape index (κ3) is 2.49. The van der Waals surface area contributed by atoms with E-state index in [2.05, 4.69) is 0 Å². The summed E-state index contributed by atoms with van der Waals surface area (Å²) in [4.78, 5) is 10.9. The molecule has 0 unspecified atom stereocenters. The predicted octanol–water partition coefficient (Wildman–Crippen LogP) is 2.91. The van der Waals surface area contributed by atoms with E-state index in [4.69, 9.17) is 9.84 Å². The smallest absolute Gasteiger partial charge is 0.335 e. The van der Waals surface area contributed by atoms with Crippen molar-refractivity contribution in [1.82, 2.24) is 0 Å². The average molecular weight is 262 g/mol. The molecule has 0 saturated carbocycles. The van der Waals surface area contributed by atoms with E-state index in [0.717, 1.165) is 6.07 Å². The zero-order chi connectivity index (χ0) is 14.0. The van der Waals surface area contributed by atoms with Gasteiger partial charge in [0, 0.05) is 17.2 Å². The Bertz CT molecular complexity index is 637. The Morgan fingerprint density at radius 2 is 1.84 bits per heavy atom. The molecular formula is C14H11FO4. The Balaban J connectivity index is 2.58. The van der Waals surface area contributed by atoms with Crippen LogP contribution in [0.2, 0.25) is 0 Å². The van der Waals surface area contributed by atoms with Gasteiger partial charge in [0.2, 0.25) is 0 Å². The molecule has 0 fully saturated rings. The Hall–Kier alpha value is -2.56. The maximum Gasteiger partial charge on any atom is 0.335 e. The van der Waals surface area contributed by atoms with Crippen LogP contribution in [0.25, 0.3) is 11.1 Å². The van der Waals surface area contributed by atoms with Crippen LogP contribution in [0.1, 0.15) is 10.4 Å². The van der Waals surface area contributed by atoms with Gasteiger partial charge in [-0.15, -0.1) is 0 Å². The summed E-state index contributed by atoms with van der Waals surface area (Å²) in [6, 6.07) is 7.85. The standard InChI is InChI=1S/C14H11FO4/c1-19-13-6-8(14(17)18)2-4-11(13)10-5-3-9(15)7-12(10)16/h2-7,16H,1H3,(H,17,18). The normalized spacial score (nSPS) is 10.2. The lowest BCUT2D eigenvalue weighted by atomic mass is 10.0. The topological polar surface area (TPSA) is 66.8 Å². The van der Waals surface area contributed by atoms with E-state index in [1.54, 1.807) is 0 Å². The Labute approximate surface area is 108 Å². The van der Waals surface area contributed by atoms with E-state index in [1.807, 2.05) is 0 Å². The highest BCUT2D eigenvalue weighted by atomic mass is 19.1. The van der Waals surface area contributed by atoms with Gasteiger partial charge in [0.25, 0.3) is 0 Å². The van der Waals surface area contributed by atoms with Crippen molar-refractivity contribution >= 4 is 5.97 Å². The molecule has 0 heterocycles. The van der Waals surface area contributed by atoms with E-state index >= 15 is 0 Å². The van der Waals surface area contributed by atoms with E-state index in [1.165, 1.54) is 37.4 Å². The molecule has 0 aliphatic rings. The fourth-order valence-corrected chi connectivity index (χ4v) is 1.78. The zero-order valence-electron chi connectivity index (χ0n) is 10.1. The van der Waals surface area contributed by atoms with Gasteiger partial charge in [0.05, 0.1) is 12.7 Å². The summed E-state index contributed by atoms with van der Waals surface area (Å²) in [5.74, 6) is -1.57. The van der Waals surface area contributed by atoms with Gasteiger partial charge in [0.1, 0.15) is 17.3 Å². The molecule has 0 bridgehead atoms. The van der Waals surface area contributed by atoms with E-state index in [-0.39, 0.29) is 11.3 Å². The minimum absolute atomic E-state index is 0.0715. The highest BCUT2D eigenvalue weighted by Gasteiger charge is 2.13. The number of methoxy groups -OCH3 is 1. The number of benzene rings is 2. The molecule has 0 atom stereocenters. The van der Waals surface area contributed by atoms with Crippen molar-refractivity contribution in [3.05, 3.63) is 47.8 Å². The molecule has 4 nitrogen and oxygen atoms in total. The number of aromatic carboxylic acids is 1. The average Bonchev–Trinajstić information content (AvgIpc) is 2.38. The number of rotatable bonds is 3. The number of carbonyl (C=O) groups is 1. The second-order valence-electron chi connectivity index (χ2n) is 3.88. The number of carboxylic acids is 1. The number of carboxylic acid groups (broad SMARTS) is 1. The van der Waals surface area contributed by atoms with E-state index in [9.17, 15) is 14.3 Å². The first-order chi connectivity index (χ1) is 9.02. The Kier molecular flexibility index (Phi) is 3.37. The molecule has 0 radical (unpaired) electrons. The van der Waals surface area contributed by atoms with Gasteiger partial charge in [-0.25, -0.2) is 9.18 Å². The fourth-order valence-electron chi connectivity index (χ4n) is 1.78. The number of phenols is 1. The zero-order valence-corrected chi connectivity index (χ0v) is 10.1. The van der Waals surface area contributed by atoms with Crippen LogP contribution in [-0.2, 0) is 0 Å². The van der Waals surface area contributed by atoms with Gasteiger partial charge < -0.3 is 14.9 Å². The lowest BCUT2D eigenvalue weighted by molar-refractivity contribution is 0.0696. The molecule has 5 heteroatoms. The second-order valence-corrected chi connectivity index (χ2v) is 3.88. The number of hydrogen-bond acceptors (Lipinski definition) is 3. The monoisotopic (exact) mass is 262 g/mol. The fraction of sp³-hybridized carbons (Fsp3) is 0.0714. The van der Waals surface area contributed by atoms with Crippen LogP contribution in [0.15, 0.2) is 36.4 Å². The number of halogens is 1. The van der Waals surface area contributed by atoms with Crippen molar-refractivity contribution in [3.63, 3.8) is 0 Å². The summed E-state index contributed by atoms with van der Waals surface area (Å²) in [6.07, 6.45) is 0. The number of phenolic OH excluding ortho intramolecular Hbond substituents is 1. The second kappa shape index (κ2) is 4.97. The molecule has 2 rings (SSSR count). The Morgan fingerprint density at radius 1 is 1.16 bits per heavy atom. The van der Waals surface area contributed by atoms with Gasteiger partial charge in [-0.3, -0.25) is 0 Å². The molecule has 0 spiro atoms. The van der Waals surface area contributed by atoms with Crippen molar-refractivity contribution in [2.45, 2.75) is 0 Å². The number of aromatic hydroxyl groups is 1. The molecule has 0 aliphatic carbocycles. The van der Waals surface area contributed by atoms with Crippen LogP contribution in [0.3, 0.4) is 0 Å². The summed E-state index contributed by atoms with van der Waals surface area (Å²) in [7, 11) is 1.39. The third-order valence-corrected chi connectivity index (χ3v) is 2.70. The maximum absolute atomic E-state index is 12.9. The largest absolute Gasteiger partial charge is 0.507 e. The van der Waals surface area contributed by atoms with Crippen LogP contribution >= 0.6 is 0 Å². The van der Waals surface area contributed by atoms with Gasteiger partial charge in [-0.1, -0.05) is 0 Å². The first kappa shape index (κ1) is 12.9. The van der Waals surface area contributed by atoms with Crippen molar-refractivity contribution in [3.8, 4) is 22.6 Å². The van der Waals surface area contributed by atoms with E-state index < -0.39 is 11.8 Å². The van der Waals surface area contributed by atoms with E-state index in [0.29, 0.717) is 16.9 Å². The lowest BCUT2D eigenvalue weighted by Crippen LogP contribution is -1.98. The number of hydrogen-bond donors (Lipinski definition) is 2. The third-order valence-electron chi connectivity index (χ3n) is 2.70. The van der Waals surface area contributed by atoms with Gasteiger partial charge >= 0.3 is 5.97 Å². The van der Waals surface area contributed by atoms with Crippen LogP contribution in [-0.4, -0.2) is 23.3 Å². The highest BCUT2D eigenvalue weighted by Crippen LogP contribution is 2.36. The van der Waals surface area contributed by atoms with Crippen LogP contribution in [0, 0.1) is 5.82 Å². The molecule has 98 valence electrons. The summed E-state index contributed by atoms with van der Waals surface area (Å²) in [5, 5.41) is 18.6. The molecule has 0 aliphatic heterocycles. The SMILES string of the molecule is COc1cc(C(=O)O)ccc1-c1ccc(F)cc1O. The van der Waals surface area contributed by atoms with Crippen LogP contribution in [0.4, 0.5) is 4.39 Å². The summed E-state index contributed by atoms with van der Waals surface area (Å²) in [6.45, 7) is 0. The van der Waals surface area contributed by atoms with Crippen LogP contribution in [0.5, 0.6) is 11.5 Å². The molecule has 2 aromatic carbocycles. The van der Waals surface area contributed by atoms with Crippen molar-refractivity contribution in [1.29, 1.82) is 0 Å². The quantitative estimate of drug-likeness (QED) is 0.892. The first-order valence-corrected chi connectivity index (χ1v) is 5.43. The Morgan fingerprint density at radius 3 is 2.42 bits per heavy atom. The van der Waals surface area contributed by atoms with Gasteiger partial charge in [0.15, 0.2) is 0 Å². The molecule has 19 heavy (non-hydrogen) atoms. The van der Waals surface area contributed by atoms with Crippen molar-refractivity contribution in [2.75, 3.05) is 7.11 Å². The lowest BCUT2D eigenvalue weighted by Gasteiger charge is -2.11. The molecule has 0 amide bonds. The minimum atomic E-state index is -1.08. The summed E-state index contributed by atoms with van der Waals surface area (Å²) < 4.78 is 18.1. The predicted molar refractivity (Wildman–Crippen MR) is 67.0 cm³/mol. The van der Waals surface area contributed by atoms with Gasteiger partial charge in [-0.2, -0.15) is 0 Å². The first-order valence-electron chi connectivity index (χ1n) is 5.43. The highest BCUT2D eigenvalue weighted by molar-refractivity contribution is 5.90. The molecule has 0 saturated heterocycles. The van der Waals surface area contributed by atoms with Gasteiger partial charge in [-0.05, 0) is 30.3 Å². The summed E-state index contributed by atoms with van der Waals surface area (Å²) in [5.41, 5.74) is 0.933. The van der Waals surface area contributed by atoms with Crippen molar-refractivity contribution in [2.24, 2.45) is 0 Å². The summed E-state index contributed by atoms with van der Waals surface area (Å²) >= 11 is 0. The van der Waals surface area contributed by atoms with Crippen LogP contribution < -0.4 is 4.74 Å². The molecular weight excluding hydrogens is 251 g/mol.